The second-order valence-corrected chi connectivity index (χ2v) is 6.72. The second kappa shape index (κ2) is 11.7. The van der Waals surface area contributed by atoms with E-state index < -0.39 is 0 Å². The van der Waals surface area contributed by atoms with Crippen LogP contribution in [0.2, 0.25) is 0 Å². The molecule has 3 aromatic rings. The van der Waals surface area contributed by atoms with E-state index in [0.29, 0.717) is 19.8 Å². The number of nitrogens with one attached hydrogen (secondary N) is 2. The summed E-state index contributed by atoms with van der Waals surface area (Å²) >= 11 is 0. The number of aliphatic imine (C=N–C) groups is 1. The van der Waals surface area contributed by atoms with Crippen molar-refractivity contribution in [3.8, 4) is 0 Å². The number of hydrogen-bond donors (Lipinski definition) is 2. The van der Waals surface area contributed by atoms with E-state index in [-0.39, 0.29) is 0 Å². The fourth-order valence-electron chi connectivity index (χ4n) is 3.00. The predicted molar refractivity (Wildman–Crippen MR) is 116 cm³/mol. The lowest BCUT2D eigenvalue weighted by Crippen LogP contribution is -2.37. The van der Waals surface area contributed by atoms with Gasteiger partial charge in [0.2, 0.25) is 0 Å². The largest absolute Gasteiger partial charge is 0.372 e. The van der Waals surface area contributed by atoms with E-state index in [1.807, 2.05) is 41.2 Å². The molecule has 6 heteroatoms. The molecular weight excluding hydrogens is 362 g/mol. The first-order chi connectivity index (χ1) is 14.3. The Hall–Kier alpha value is -3.12. The van der Waals surface area contributed by atoms with Crippen LogP contribution in [0.4, 0.5) is 0 Å². The fourth-order valence-corrected chi connectivity index (χ4v) is 3.00. The molecule has 0 aliphatic heterocycles. The fraction of sp³-hybridized carbons (Fsp3) is 0.304. The third kappa shape index (κ3) is 7.08. The molecular formula is C23H29N5O. The first-order valence-corrected chi connectivity index (χ1v) is 9.95. The number of aromatic nitrogens is 2. The van der Waals surface area contributed by atoms with Crippen LogP contribution in [0.5, 0.6) is 0 Å². The third-order valence-electron chi connectivity index (χ3n) is 4.57. The van der Waals surface area contributed by atoms with Crippen molar-refractivity contribution < 1.29 is 4.74 Å². The van der Waals surface area contributed by atoms with Gasteiger partial charge in [-0.2, -0.15) is 5.10 Å². The smallest absolute Gasteiger partial charge is 0.191 e. The summed E-state index contributed by atoms with van der Waals surface area (Å²) in [6, 6.07) is 20.5. The molecule has 2 aromatic carbocycles. The quantitative estimate of drug-likeness (QED) is 0.316. The Morgan fingerprint density at radius 1 is 0.966 bits per heavy atom. The Morgan fingerprint density at radius 2 is 1.76 bits per heavy atom. The monoisotopic (exact) mass is 391 g/mol. The van der Waals surface area contributed by atoms with E-state index in [4.69, 9.17) is 4.74 Å². The Morgan fingerprint density at radius 3 is 2.52 bits per heavy atom. The maximum Gasteiger partial charge on any atom is 0.191 e. The molecule has 0 aliphatic carbocycles. The number of rotatable bonds is 10. The van der Waals surface area contributed by atoms with Crippen molar-refractivity contribution in [1.82, 2.24) is 20.4 Å². The molecule has 2 N–H and O–H groups in total. The van der Waals surface area contributed by atoms with Crippen LogP contribution in [0.3, 0.4) is 0 Å². The zero-order chi connectivity index (χ0) is 20.2. The summed E-state index contributed by atoms with van der Waals surface area (Å²) in [6.45, 7) is 3.62. The normalized spacial score (nSPS) is 11.4. The number of ether oxygens (including phenoxy) is 1. The van der Waals surface area contributed by atoms with E-state index in [0.717, 1.165) is 25.5 Å². The zero-order valence-corrected chi connectivity index (χ0v) is 16.9. The maximum atomic E-state index is 5.91. The molecule has 29 heavy (non-hydrogen) atoms. The molecule has 1 heterocycles. The van der Waals surface area contributed by atoms with Crippen LogP contribution in [-0.4, -0.2) is 29.3 Å². The molecule has 0 radical (unpaired) electrons. The van der Waals surface area contributed by atoms with Crippen molar-refractivity contribution in [2.45, 2.75) is 32.7 Å². The van der Waals surface area contributed by atoms with Crippen molar-refractivity contribution in [2.24, 2.45) is 4.99 Å². The molecule has 3 rings (SSSR count). The van der Waals surface area contributed by atoms with Crippen LogP contribution >= 0.6 is 0 Å². The molecule has 0 saturated heterocycles. The summed E-state index contributed by atoms with van der Waals surface area (Å²) in [7, 11) is 1.79. The van der Waals surface area contributed by atoms with Gasteiger partial charge in [-0.3, -0.25) is 9.67 Å². The van der Waals surface area contributed by atoms with Crippen LogP contribution in [0.25, 0.3) is 0 Å². The topological polar surface area (TPSA) is 63.5 Å². The van der Waals surface area contributed by atoms with E-state index in [1.165, 1.54) is 16.7 Å². The van der Waals surface area contributed by atoms with Crippen molar-refractivity contribution >= 4 is 5.96 Å². The lowest BCUT2D eigenvalue weighted by molar-refractivity contribution is 0.106. The van der Waals surface area contributed by atoms with Gasteiger partial charge in [-0.1, -0.05) is 54.6 Å². The summed E-state index contributed by atoms with van der Waals surface area (Å²) < 4.78 is 7.85. The van der Waals surface area contributed by atoms with Crippen LogP contribution < -0.4 is 10.6 Å². The summed E-state index contributed by atoms with van der Waals surface area (Å²) in [5.74, 6) is 0.797. The number of benzene rings is 2. The van der Waals surface area contributed by atoms with Gasteiger partial charge in [0.15, 0.2) is 5.96 Å². The lowest BCUT2D eigenvalue weighted by Gasteiger charge is -2.14. The molecule has 0 atom stereocenters. The van der Waals surface area contributed by atoms with Gasteiger partial charge in [-0.25, -0.2) is 0 Å². The SMILES string of the molecule is CN=C(NCCCn1cccn1)NCc1ccccc1COCc1ccccc1. The standard InChI is InChI=1S/C23H29N5O/c1-24-23(25-13-7-15-28-16-8-14-27-28)26-17-21-11-5-6-12-22(21)19-29-18-20-9-3-2-4-10-20/h2-6,8-12,14,16H,7,13,15,17-19H2,1H3,(H2,24,25,26). The van der Waals surface area contributed by atoms with Crippen LogP contribution in [0.1, 0.15) is 23.1 Å². The van der Waals surface area contributed by atoms with Crippen molar-refractivity contribution in [2.75, 3.05) is 13.6 Å². The molecule has 0 spiro atoms. The minimum absolute atomic E-state index is 0.586. The highest BCUT2D eigenvalue weighted by Gasteiger charge is 2.04. The van der Waals surface area contributed by atoms with Crippen LogP contribution in [0.15, 0.2) is 78.0 Å². The van der Waals surface area contributed by atoms with Gasteiger partial charge < -0.3 is 15.4 Å². The number of nitrogens with zero attached hydrogens (tertiary/aromatic N) is 3. The second-order valence-electron chi connectivity index (χ2n) is 6.72. The number of hydrogen-bond acceptors (Lipinski definition) is 3. The highest BCUT2D eigenvalue weighted by Crippen LogP contribution is 2.11. The van der Waals surface area contributed by atoms with Gasteiger partial charge in [-0.05, 0) is 29.2 Å². The van der Waals surface area contributed by atoms with E-state index in [9.17, 15) is 0 Å². The molecule has 0 saturated carbocycles. The summed E-state index contributed by atoms with van der Waals surface area (Å²) in [5, 5.41) is 11.0. The highest BCUT2D eigenvalue weighted by molar-refractivity contribution is 5.79. The summed E-state index contributed by atoms with van der Waals surface area (Å²) in [6.07, 6.45) is 4.76. The van der Waals surface area contributed by atoms with Gasteiger partial charge in [0.05, 0.1) is 13.2 Å². The Kier molecular flexibility index (Phi) is 8.29. The molecule has 0 bridgehead atoms. The van der Waals surface area contributed by atoms with Gasteiger partial charge >= 0.3 is 0 Å². The van der Waals surface area contributed by atoms with Crippen LogP contribution in [-0.2, 0) is 31.0 Å². The van der Waals surface area contributed by atoms with E-state index in [2.05, 4.69) is 51.1 Å². The minimum Gasteiger partial charge on any atom is -0.372 e. The molecule has 0 fully saturated rings. The van der Waals surface area contributed by atoms with Gasteiger partial charge in [-0.15, -0.1) is 0 Å². The van der Waals surface area contributed by atoms with Gasteiger partial charge in [0.1, 0.15) is 0 Å². The minimum atomic E-state index is 0.586. The van der Waals surface area contributed by atoms with Crippen molar-refractivity contribution in [3.05, 3.63) is 89.7 Å². The Balaban J connectivity index is 1.42. The molecule has 0 amide bonds. The maximum absolute atomic E-state index is 5.91. The summed E-state index contributed by atoms with van der Waals surface area (Å²) in [4.78, 5) is 4.31. The average molecular weight is 392 g/mol. The van der Waals surface area contributed by atoms with Crippen molar-refractivity contribution in [3.63, 3.8) is 0 Å². The third-order valence-corrected chi connectivity index (χ3v) is 4.57. The van der Waals surface area contributed by atoms with Crippen LogP contribution in [0, 0.1) is 0 Å². The van der Waals surface area contributed by atoms with E-state index >= 15 is 0 Å². The first-order valence-electron chi connectivity index (χ1n) is 9.95. The first kappa shape index (κ1) is 20.6. The Bertz CT molecular complexity index is 862. The lowest BCUT2D eigenvalue weighted by atomic mass is 10.1. The summed E-state index contributed by atoms with van der Waals surface area (Å²) in [5.41, 5.74) is 3.58. The Labute approximate surface area is 172 Å². The molecule has 1 aromatic heterocycles. The predicted octanol–water partition coefficient (Wildman–Crippen LogP) is 3.36. The van der Waals surface area contributed by atoms with Crippen molar-refractivity contribution in [1.29, 1.82) is 0 Å². The molecule has 0 aliphatic rings. The number of guanidine groups is 1. The molecule has 152 valence electrons. The molecule has 6 nitrogen and oxygen atoms in total. The number of aryl methyl sites for hydroxylation is 1. The van der Waals surface area contributed by atoms with E-state index in [1.54, 1.807) is 13.2 Å². The molecule has 0 unspecified atom stereocenters. The zero-order valence-electron chi connectivity index (χ0n) is 16.9. The van der Waals surface area contributed by atoms with Gasteiger partial charge in [0.25, 0.3) is 0 Å². The van der Waals surface area contributed by atoms with Gasteiger partial charge in [0, 0.05) is 39.1 Å². The highest BCUT2D eigenvalue weighted by atomic mass is 16.5. The average Bonchev–Trinajstić information content (AvgIpc) is 3.28.